The molecule has 2 aromatic rings. The number of aromatic amines is 1. The second kappa shape index (κ2) is 5.23. The topological polar surface area (TPSA) is 42.8 Å². The molecule has 0 saturated carbocycles. The van der Waals surface area contributed by atoms with Gasteiger partial charge in [-0.3, -0.25) is 4.98 Å². The van der Waals surface area contributed by atoms with Gasteiger partial charge in [0.15, 0.2) is 4.77 Å². The standard InChI is InChI=1S/C11H15N3OS/c1-2-15-7-3-6-14-10-4-5-12-8-9(10)13-11(14)16/h4-5,8H,2-3,6-7H2,1H3,(H,13,16). The zero-order valence-corrected chi connectivity index (χ0v) is 10.1. The van der Waals surface area contributed by atoms with Crippen molar-refractivity contribution in [2.75, 3.05) is 13.2 Å². The Balaban J connectivity index is 2.16. The summed E-state index contributed by atoms with van der Waals surface area (Å²) >= 11 is 5.27. The van der Waals surface area contributed by atoms with Crippen molar-refractivity contribution < 1.29 is 4.74 Å². The Bertz CT molecular complexity index is 517. The van der Waals surface area contributed by atoms with E-state index in [1.807, 2.05) is 13.0 Å². The molecule has 0 aliphatic carbocycles. The van der Waals surface area contributed by atoms with E-state index >= 15 is 0 Å². The summed E-state index contributed by atoms with van der Waals surface area (Å²) in [6, 6.07) is 1.97. The average Bonchev–Trinajstić information content (AvgIpc) is 2.61. The minimum atomic E-state index is 0.750. The van der Waals surface area contributed by atoms with Crippen molar-refractivity contribution in [2.24, 2.45) is 0 Å². The van der Waals surface area contributed by atoms with Gasteiger partial charge in [0.25, 0.3) is 0 Å². The van der Waals surface area contributed by atoms with Crippen LogP contribution in [0.15, 0.2) is 18.5 Å². The number of pyridine rings is 1. The van der Waals surface area contributed by atoms with Crippen molar-refractivity contribution >= 4 is 23.3 Å². The molecule has 0 atom stereocenters. The quantitative estimate of drug-likeness (QED) is 0.642. The summed E-state index contributed by atoms with van der Waals surface area (Å²) in [5, 5.41) is 0. The van der Waals surface area contributed by atoms with Gasteiger partial charge in [-0.2, -0.15) is 0 Å². The summed E-state index contributed by atoms with van der Waals surface area (Å²) in [7, 11) is 0. The first-order valence-corrected chi connectivity index (χ1v) is 5.84. The Hall–Kier alpha value is -1.20. The molecule has 2 aromatic heterocycles. The molecule has 4 nitrogen and oxygen atoms in total. The van der Waals surface area contributed by atoms with E-state index in [1.165, 1.54) is 0 Å². The highest BCUT2D eigenvalue weighted by molar-refractivity contribution is 7.71. The number of fused-ring (bicyclic) bond motifs is 1. The van der Waals surface area contributed by atoms with Crippen LogP contribution in [0.4, 0.5) is 0 Å². The molecule has 0 aromatic carbocycles. The lowest BCUT2D eigenvalue weighted by Gasteiger charge is -2.04. The first kappa shape index (κ1) is 11.3. The summed E-state index contributed by atoms with van der Waals surface area (Å²) < 4.78 is 8.15. The largest absolute Gasteiger partial charge is 0.382 e. The lowest BCUT2D eigenvalue weighted by molar-refractivity contribution is 0.142. The molecule has 86 valence electrons. The predicted octanol–water partition coefficient (Wildman–Crippen LogP) is 2.52. The highest BCUT2D eigenvalue weighted by Gasteiger charge is 2.02. The molecule has 1 N–H and O–H groups in total. The van der Waals surface area contributed by atoms with Gasteiger partial charge in [-0.15, -0.1) is 0 Å². The van der Waals surface area contributed by atoms with Gasteiger partial charge in [0.05, 0.1) is 17.2 Å². The molecule has 0 fully saturated rings. The first-order chi connectivity index (χ1) is 7.83. The van der Waals surface area contributed by atoms with E-state index in [-0.39, 0.29) is 0 Å². The Kier molecular flexibility index (Phi) is 3.69. The van der Waals surface area contributed by atoms with E-state index < -0.39 is 0 Å². The molecule has 0 radical (unpaired) electrons. The van der Waals surface area contributed by atoms with E-state index in [0.717, 1.165) is 42.0 Å². The van der Waals surface area contributed by atoms with E-state index in [0.29, 0.717) is 0 Å². The van der Waals surface area contributed by atoms with Gasteiger partial charge in [0.2, 0.25) is 0 Å². The van der Waals surface area contributed by atoms with Crippen LogP contribution in [0.2, 0.25) is 0 Å². The van der Waals surface area contributed by atoms with Gasteiger partial charge in [0, 0.05) is 26.0 Å². The Morgan fingerprint density at radius 2 is 2.44 bits per heavy atom. The molecule has 0 amide bonds. The summed E-state index contributed by atoms with van der Waals surface area (Å²) in [4.78, 5) is 7.20. The zero-order chi connectivity index (χ0) is 11.4. The van der Waals surface area contributed by atoms with E-state index in [1.54, 1.807) is 12.4 Å². The SMILES string of the molecule is CCOCCCn1c(=S)[nH]c2cnccc21. The Labute approximate surface area is 99.3 Å². The second-order valence-corrected chi connectivity index (χ2v) is 3.91. The van der Waals surface area contributed by atoms with E-state index in [2.05, 4.69) is 14.5 Å². The average molecular weight is 237 g/mol. The fourth-order valence-electron chi connectivity index (χ4n) is 1.70. The normalized spacial score (nSPS) is 11.1. The van der Waals surface area contributed by atoms with E-state index in [4.69, 9.17) is 17.0 Å². The summed E-state index contributed by atoms with van der Waals surface area (Å²) in [6.45, 7) is 4.42. The third-order valence-electron chi connectivity index (χ3n) is 2.45. The number of nitrogens with zero attached hydrogens (tertiary/aromatic N) is 2. The number of hydrogen-bond donors (Lipinski definition) is 1. The molecule has 0 aliphatic rings. The maximum Gasteiger partial charge on any atom is 0.178 e. The monoisotopic (exact) mass is 237 g/mol. The number of ether oxygens (including phenoxy) is 1. The number of aryl methyl sites for hydroxylation is 1. The molecule has 0 spiro atoms. The van der Waals surface area contributed by atoms with Crippen LogP contribution >= 0.6 is 12.2 Å². The van der Waals surface area contributed by atoms with Crippen molar-refractivity contribution in [1.29, 1.82) is 0 Å². The maximum absolute atomic E-state index is 5.31. The third kappa shape index (κ3) is 2.31. The maximum atomic E-state index is 5.31. The molecule has 0 saturated heterocycles. The fourth-order valence-corrected chi connectivity index (χ4v) is 2.00. The third-order valence-corrected chi connectivity index (χ3v) is 2.77. The van der Waals surface area contributed by atoms with Crippen LogP contribution in [0.25, 0.3) is 11.0 Å². The summed E-state index contributed by atoms with van der Waals surface area (Å²) in [6.07, 6.45) is 4.55. The summed E-state index contributed by atoms with van der Waals surface area (Å²) in [5.74, 6) is 0. The van der Waals surface area contributed by atoms with Crippen LogP contribution in [0, 0.1) is 4.77 Å². The smallest absolute Gasteiger partial charge is 0.178 e. The van der Waals surface area contributed by atoms with Gasteiger partial charge >= 0.3 is 0 Å². The molecule has 0 unspecified atom stereocenters. The molecular weight excluding hydrogens is 222 g/mol. The number of rotatable bonds is 5. The van der Waals surface area contributed by atoms with Crippen LogP contribution < -0.4 is 0 Å². The predicted molar refractivity (Wildman–Crippen MR) is 66.0 cm³/mol. The van der Waals surface area contributed by atoms with Crippen molar-refractivity contribution in [1.82, 2.24) is 14.5 Å². The number of hydrogen-bond acceptors (Lipinski definition) is 3. The Morgan fingerprint density at radius 1 is 1.56 bits per heavy atom. The number of nitrogens with one attached hydrogen (secondary N) is 1. The van der Waals surface area contributed by atoms with Gasteiger partial charge < -0.3 is 14.3 Å². The van der Waals surface area contributed by atoms with Gasteiger partial charge in [-0.1, -0.05) is 0 Å². The lowest BCUT2D eigenvalue weighted by Crippen LogP contribution is -2.02. The van der Waals surface area contributed by atoms with Crippen LogP contribution in [0.5, 0.6) is 0 Å². The minimum absolute atomic E-state index is 0.750. The molecule has 0 bridgehead atoms. The summed E-state index contributed by atoms with van der Waals surface area (Å²) in [5.41, 5.74) is 2.10. The van der Waals surface area contributed by atoms with Crippen molar-refractivity contribution in [2.45, 2.75) is 19.9 Å². The Morgan fingerprint density at radius 3 is 3.25 bits per heavy atom. The van der Waals surface area contributed by atoms with Crippen molar-refractivity contribution in [3.8, 4) is 0 Å². The van der Waals surface area contributed by atoms with Crippen molar-refractivity contribution in [3.63, 3.8) is 0 Å². The van der Waals surface area contributed by atoms with Crippen LogP contribution in [-0.4, -0.2) is 27.7 Å². The van der Waals surface area contributed by atoms with Crippen LogP contribution in [0.1, 0.15) is 13.3 Å². The van der Waals surface area contributed by atoms with E-state index in [9.17, 15) is 0 Å². The highest BCUT2D eigenvalue weighted by atomic mass is 32.1. The fraction of sp³-hybridized carbons (Fsp3) is 0.455. The zero-order valence-electron chi connectivity index (χ0n) is 9.27. The molecule has 2 rings (SSSR count). The van der Waals surface area contributed by atoms with Crippen molar-refractivity contribution in [3.05, 3.63) is 23.2 Å². The molecule has 16 heavy (non-hydrogen) atoms. The number of aromatic nitrogens is 3. The highest BCUT2D eigenvalue weighted by Crippen LogP contribution is 2.12. The number of imidazole rings is 1. The molecule has 2 heterocycles. The molecule has 5 heteroatoms. The van der Waals surface area contributed by atoms with Crippen LogP contribution in [0.3, 0.4) is 0 Å². The second-order valence-electron chi connectivity index (χ2n) is 3.53. The first-order valence-electron chi connectivity index (χ1n) is 5.43. The van der Waals surface area contributed by atoms with Gasteiger partial charge in [0.1, 0.15) is 0 Å². The van der Waals surface area contributed by atoms with Crippen LogP contribution in [-0.2, 0) is 11.3 Å². The number of H-pyrrole nitrogens is 1. The lowest BCUT2D eigenvalue weighted by atomic mass is 10.4. The molecule has 0 aliphatic heterocycles. The minimum Gasteiger partial charge on any atom is -0.382 e. The van der Waals surface area contributed by atoms with Gasteiger partial charge in [-0.05, 0) is 31.6 Å². The van der Waals surface area contributed by atoms with Gasteiger partial charge in [-0.25, -0.2) is 0 Å². The molecular formula is C11H15N3OS.